The zero-order valence-electron chi connectivity index (χ0n) is 14.8. The van der Waals surface area contributed by atoms with Crippen molar-refractivity contribution in [2.24, 2.45) is 0 Å². The van der Waals surface area contributed by atoms with Crippen molar-refractivity contribution in [3.05, 3.63) is 59.1 Å². The number of hydrogen-bond acceptors (Lipinski definition) is 5. The van der Waals surface area contributed by atoms with Crippen molar-refractivity contribution in [1.82, 2.24) is 4.31 Å². The molecule has 0 fully saturated rings. The highest BCUT2D eigenvalue weighted by Gasteiger charge is 2.23. The standard InChI is InChI=1S/C18H19ClN2O5S/c1-13(22)20-16-6-8-17(9-7-16)27(24,25)21(2)11-18(23)26-12-14-4-3-5-15(19)10-14/h3-10H,11-12H2,1-2H3,(H,20,22). The van der Waals surface area contributed by atoms with Gasteiger partial charge in [-0.25, -0.2) is 8.42 Å². The predicted molar refractivity (Wildman–Crippen MR) is 102 cm³/mol. The molecule has 0 unspecified atom stereocenters. The van der Waals surface area contributed by atoms with Crippen molar-refractivity contribution >= 4 is 39.2 Å². The molecule has 0 saturated carbocycles. The Balaban J connectivity index is 1.97. The van der Waals surface area contributed by atoms with Gasteiger partial charge in [0.15, 0.2) is 0 Å². The molecular formula is C18H19ClN2O5S. The summed E-state index contributed by atoms with van der Waals surface area (Å²) in [5.41, 5.74) is 1.18. The topological polar surface area (TPSA) is 92.8 Å². The lowest BCUT2D eigenvalue weighted by Gasteiger charge is -2.17. The van der Waals surface area contributed by atoms with E-state index in [1.54, 1.807) is 24.3 Å². The van der Waals surface area contributed by atoms with E-state index in [1.807, 2.05) is 0 Å². The molecule has 1 N–H and O–H groups in total. The highest BCUT2D eigenvalue weighted by Crippen LogP contribution is 2.18. The molecule has 2 aromatic carbocycles. The molecule has 0 aromatic heterocycles. The molecule has 0 aliphatic heterocycles. The van der Waals surface area contributed by atoms with Crippen LogP contribution in [-0.4, -0.2) is 38.2 Å². The number of nitrogens with zero attached hydrogens (tertiary/aromatic N) is 1. The molecule has 0 aliphatic rings. The van der Waals surface area contributed by atoms with Gasteiger partial charge in [-0.2, -0.15) is 4.31 Å². The highest BCUT2D eigenvalue weighted by atomic mass is 35.5. The number of hydrogen-bond donors (Lipinski definition) is 1. The first kappa shape index (κ1) is 20.9. The summed E-state index contributed by atoms with van der Waals surface area (Å²) in [6.07, 6.45) is 0. The Morgan fingerprint density at radius 2 is 1.81 bits per heavy atom. The van der Waals surface area contributed by atoms with E-state index in [9.17, 15) is 18.0 Å². The minimum Gasteiger partial charge on any atom is -0.460 e. The molecule has 9 heteroatoms. The van der Waals surface area contributed by atoms with Gasteiger partial charge in [0.05, 0.1) is 4.90 Å². The Labute approximate surface area is 162 Å². The van der Waals surface area contributed by atoms with E-state index in [-0.39, 0.29) is 17.4 Å². The number of benzene rings is 2. The van der Waals surface area contributed by atoms with Crippen LogP contribution in [0.1, 0.15) is 12.5 Å². The van der Waals surface area contributed by atoms with E-state index in [1.165, 1.54) is 38.2 Å². The molecule has 1 amide bonds. The van der Waals surface area contributed by atoms with Crippen LogP contribution >= 0.6 is 11.6 Å². The van der Waals surface area contributed by atoms with E-state index in [0.717, 1.165) is 4.31 Å². The third-order valence-electron chi connectivity index (χ3n) is 3.52. The second-order valence-electron chi connectivity index (χ2n) is 5.76. The molecule has 2 aromatic rings. The molecule has 27 heavy (non-hydrogen) atoms. The Kier molecular flexibility index (Phi) is 6.95. The molecule has 0 saturated heterocycles. The fourth-order valence-corrected chi connectivity index (χ4v) is 3.52. The van der Waals surface area contributed by atoms with Gasteiger partial charge in [-0.15, -0.1) is 0 Å². The fourth-order valence-electron chi connectivity index (χ4n) is 2.20. The van der Waals surface area contributed by atoms with Crippen LogP contribution in [0.5, 0.6) is 0 Å². The van der Waals surface area contributed by atoms with Gasteiger partial charge in [0.25, 0.3) is 0 Å². The number of rotatable bonds is 7. The van der Waals surface area contributed by atoms with E-state index in [4.69, 9.17) is 16.3 Å². The molecule has 144 valence electrons. The number of carbonyl (C=O) groups is 2. The van der Waals surface area contributed by atoms with Gasteiger partial charge in [-0.05, 0) is 42.0 Å². The van der Waals surface area contributed by atoms with Gasteiger partial charge in [0.2, 0.25) is 15.9 Å². The summed E-state index contributed by atoms with van der Waals surface area (Å²) in [5.74, 6) is -0.943. The lowest BCUT2D eigenvalue weighted by Crippen LogP contribution is -2.33. The molecular weight excluding hydrogens is 392 g/mol. The third kappa shape index (κ3) is 6.06. The molecule has 0 atom stereocenters. The number of halogens is 1. The minimum absolute atomic E-state index is 0.00130. The van der Waals surface area contributed by atoms with E-state index < -0.39 is 22.5 Å². The predicted octanol–water partition coefficient (Wildman–Crippen LogP) is 2.66. The molecule has 0 bridgehead atoms. The van der Waals surface area contributed by atoms with Crippen LogP contribution in [0.4, 0.5) is 5.69 Å². The maximum atomic E-state index is 12.5. The van der Waals surface area contributed by atoms with Crippen LogP contribution in [0.3, 0.4) is 0 Å². The van der Waals surface area contributed by atoms with Crippen LogP contribution in [-0.2, 0) is 31.0 Å². The zero-order valence-corrected chi connectivity index (χ0v) is 16.4. The van der Waals surface area contributed by atoms with Gasteiger partial charge >= 0.3 is 5.97 Å². The normalized spacial score (nSPS) is 11.3. The first-order valence-corrected chi connectivity index (χ1v) is 9.74. The zero-order chi connectivity index (χ0) is 20.0. The molecule has 0 radical (unpaired) electrons. The molecule has 0 heterocycles. The summed E-state index contributed by atoms with van der Waals surface area (Å²) >= 11 is 5.86. The Morgan fingerprint density at radius 3 is 2.41 bits per heavy atom. The van der Waals surface area contributed by atoms with E-state index >= 15 is 0 Å². The minimum atomic E-state index is -3.87. The van der Waals surface area contributed by atoms with Crippen molar-refractivity contribution < 1.29 is 22.7 Å². The van der Waals surface area contributed by atoms with Crippen molar-refractivity contribution in [2.45, 2.75) is 18.4 Å². The summed E-state index contributed by atoms with van der Waals surface area (Å²) in [5, 5.41) is 3.07. The summed E-state index contributed by atoms with van der Waals surface area (Å²) in [6, 6.07) is 12.5. The van der Waals surface area contributed by atoms with Crippen molar-refractivity contribution in [3.8, 4) is 0 Å². The quantitative estimate of drug-likeness (QED) is 0.708. The summed E-state index contributed by atoms with van der Waals surface area (Å²) in [4.78, 5) is 23.0. The second kappa shape index (κ2) is 8.98. The number of carbonyl (C=O) groups excluding carboxylic acids is 2. The SMILES string of the molecule is CC(=O)Nc1ccc(S(=O)(=O)N(C)CC(=O)OCc2cccc(Cl)c2)cc1. The number of likely N-dealkylation sites (N-methyl/N-ethyl adjacent to an activating group) is 1. The fraction of sp³-hybridized carbons (Fsp3) is 0.222. The molecule has 7 nitrogen and oxygen atoms in total. The van der Waals surface area contributed by atoms with Crippen LogP contribution in [0.2, 0.25) is 5.02 Å². The van der Waals surface area contributed by atoms with Crippen LogP contribution in [0.25, 0.3) is 0 Å². The number of sulfonamides is 1. The van der Waals surface area contributed by atoms with Crippen LogP contribution < -0.4 is 5.32 Å². The summed E-state index contributed by atoms with van der Waals surface area (Å²) in [6.45, 7) is 0.919. The van der Waals surface area contributed by atoms with Crippen LogP contribution in [0, 0.1) is 0 Å². The lowest BCUT2D eigenvalue weighted by atomic mass is 10.2. The Hall–Kier alpha value is -2.42. The van der Waals surface area contributed by atoms with E-state index in [2.05, 4.69) is 5.32 Å². The number of amides is 1. The highest BCUT2D eigenvalue weighted by molar-refractivity contribution is 7.89. The molecule has 0 aliphatic carbocycles. The summed E-state index contributed by atoms with van der Waals surface area (Å²) < 4.78 is 31.1. The van der Waals surface area contributed by atoms with Crippen molar-refractivity contribution in [3.63, 3.8) is 0 Å². The second-order valence-corrected chi connectivity index (χ2v) is 8.24. The van der Waals surface area contributed by atoms with Crippen molar-refractivity contribution in [2.75, 3.05) is 18.9 Å². The molecule has 2 rings (SSSR count). The number of nitrogens with one attached hydrogen (secondary N) is 1. The Morgan fingerprint density at radius 1 is 1.15 bits per heavy atom. The van der Waals surface area contributed by atoms with Gasteiger partial charge in [0, 0.05) is 24.7 Å². The summed E-state index contributed by atoms with van der Waals surface area (Å²) in [7, 11) is -2.58. The van der Waals surface area contributed by atoms with Crippen molar-refractivity contribution in [1.29, 1.82) is 0 Å². The van der Waals surface area contributed by atoms with Gasteiger partial charge in [-0.3, -0.25) is 9.59 Å². The third-order valence-corrected chi connectivity index (χ3v) is 5.58. The Bertz CT molecular complexity index is 929. The first-order valence-electron chi connectivity index (χ1n) is 7.92. The van der Waals surface area contributed by atoms with Gasteiger partial charge in [0.1, 0.15) is 13.2 Å². The lowest BCUT2D eigenvalue weighted by molar-refractivity contribution is -0.144. The molecule has 0 spiro atoms. The maximum Gasteiger partial charge on any atom is 0.321 e. The van der Waals surface area contributed by atoms with Crippen LogP contribution in [0.15, 0.2) is 53.4 Å². The average molecular weight is 411 g/mol. The number of ether oxygens (including phenoxy) is 1. The number of esters is 1. The van der Waals surface area contributed by atoms with E-state index in [0.29, 0.717) is 16.3 Å². The van der Waals surface area contributed by atoms with Gasteiger partial charge < -0.3 is 10.1 Å². The smallest absolute Gasteiger partial charge is 0.321 e. The van der Waals surface area contributed by atoms with Gasteiger partial charge in [-0.1, -0.05) is 23.7 Å². The maximum absolute atomic E-state index is 12.5. The average Bonchev–Trinajstić information content (AvgIpc) is 2.60. The first-order chi connectivity index (χ1) is 12.7. The monoisotopic (exact) mass is 410 g/mol. The largest absolute Gasteiger partial charge is 0.460 e. The number of anilines is 1.